The third-order valence-corrected chi connectivity index (χ3v) is 3.68. The first-order valence-corrected chi connectivity index (χ1v) is 6.51. The van der Waals surface area contributed by atoms with Crippen LogP contribution in [0.25, 0.3) is 0 Å². The first-order valence-electron chi connectivity index (χ1n) is 6.51. The summed E-state index contributed by atoms with van der Waals surface area (Å²) in [6, 6.07) is 6.01. The second kappa shape index (κ2) is 5.67. The Morgan fingerprint density at radius 2 is 2.22 bits per heavy atom. The third kappa shape index (κ3) is 2.82. The number of halogens is 1. The van der Waals surface area contributed by atoms with Crippen molar-refractivity contribution >= 4 is 5.69 Å². The molecular formula is C14H22FN3. The molecule has 0 spiro atoms. The van der Waals surface area contributed by atoms with Crippen molar-refractivity contribution in [3.8, 4) is 0 Å². The van der Waals surface area contributed by atoms with E-state index < -0.39 is 0 Å². The standard InChI is InChI=1S/C14H22FN3/c1-17(2)12-6-8-18(10-12)14-4-3-11(5-7-16)9-13(14)15/h3-4,9,12H,5-8,10,16H2,1-2H3. The van der Waals surface area contributed by atoms with E-state index in [4.69, 9.17) is 5.73 Å². The molecule has 0 aromatic heterocycles. The summed E-state index contributed by atoms with van der Waals surface area (Å²) >= 11 is 0. The van der Waals surface area contributed by atoms with Gasteiger partial charge < -0.3 is 15.5 Å². The summed E-state index contributed by atoms with van der Waals surface area (Å²) in [5, 5.41) is 0. The predicted octanol–water partition coefficient (Wildman–Crippen LogP) is 1.47. The molecule has 0 saturated carbocycles. The van der Waals surface area contributed by atoms with Crippen molar-refractivity contribution in [2.24, 2.45) is 5.73 Å². The molecule has 2 N–H and O–H groups in total. The second-order valence-electron chi connectivity index (χ2n) is 5.18. The minimum atomic E-state index is -0.125. The first kappa shape index (κ1) is 13.3. The molecule has 3 nitrogen and oxygen atoms in total. The highest BCUT2D eigenvalue weighted by atomic mass is 19.1. The van der Waals surface area contributed by atoms with Crippen LogP contribution in [0.3, 0.4) is 0 Å². The van der Waals surface area contributed by atoms with Crippen molar-refractivity contribution in [2.45, 2.75) is 18.9 Å². The zero-order valence-electron chi connectivity index (χ0n) is 11.2. The van der Waals surface area contributed by atoms with E-state index in [0.717, 1.165) is 37.2 Å². The lowest BCUT2D eigenvalue weighted by Gasteiger charge is -2.22. The number of hydrogen-bond donors (Lipinski definition) is 1. The van der Waals surface area contributed by atoms with Gasteiger partial charge in [-0.1, -0.05) is 6.07 Å². The van der Waals surface area contributed by atoms with Crippen LogP contribution in [0.4, 0.5) is 10.1 Å². The van der Waals surface area contributed by atoms with E-state index in [0.29, 0.717) is 12.6 Å². The average Bonchev–Trinajstić information content (AvgIpc) is 2.79. The minimum absolute atomic E-state index is 0.125. The van der Waals surface area contributed by atoms with E-state index in [1.165, 1.54) is 0 Å². The highest BCUT2D eigenvalue weighted by molar-refractivity contribution is 5.50. The molecule has 1 fully saturated rings. The van der Waals surface area contributed by atoms with Gasteiger partial charge in [0.2, 0.25) is 0 Å². The van der Waals surface area contributed by atoms with Gasteiger partial charge in [-0.15, -0.1) is 0 Å². The molecule has 1 atom stereocenters. The van der Waals surface area contributed by atoms with Gasteiger partial charge in [0, 0.05) is 19.1 Å². The molecule has 1 aromatic rings. The minimum Gasteiger partial charge on any atom is -0.368 e. The quantitative estimate of drug-likeness (QED) is 0.879. The van der Waals surface area contributed by atoms with Crippen molar-refractivity contribution < 1.29 is 4.39 Å². The molecule has 2 rings (SSSR count). The smallest absolute Gasteiger partial charge is 0.146 e. The lowest BCUT2D eigenvalue weighted by atomic mass is 10.1. The summed E-state index contributed by atoms with van der Waals surface area (Å²) in [6.45, 7) is 2.39. The topological polar surface area (TPSA) is 32.5 Å². The summed E-state index contributed by atoms with van der Waals surface area (Å²) in [7, 11) is 4.16. The molecule has 1 unspecified atom stereocenters. The van der Waals surface area contributed by atoms with E-state index in [2.05, 4.69) is 23.9 Å². The fraction of sp³-hybridized carbons (Fsp3) is 0.571. The number of nitrogens with zero attached hydrogens (tertiary/aromatic N) is 2. The number of benzene rings is 1. The fourth-order valence-corrected chi connectivity index (χ4v) is 2.51. The van der Waals surface area contributed by atoms with Gasteiger partial charge in [-0.2, -0.15) is 0 Å². The largest absolute Gasteiger partial charge is 0.368 e. The molecule has 0 aliphatic carbocycles. The fourth-order valence-electron chi connectivity index (χ4n) is 2.51. The van der Waals surface area contributed by atoms with Crippen LogP contribution < -0.4 is 10.6 Å². The highest BCUT2D eigenvalue weighted by Gasteiger charge is 2.25. The molecule has 1 aromatic carbocycles. The van der Waals surface area contributed by atoms with Gasteiger partial charge in [-0.05, 0) is 51.2 Å². The normalized spacial score (nSPS) is 19.8. The van der Waals surface area contributed by atoms with Crippen molar-refractivity contribution in [1.29, 1.82) is 0 Å². The van der Waals surface area contributed by atoms with E-state index in [-0.39, 0.29) is 5.82 Å². The molecule has 1 aliphatic heterocycles. The molecule has 100 valence electrons. The molecule has 0 amide bonds. The Balaban J connectivity index is 2.10. The molecule has 0 bridgehead atoms. The van der Waals surface area contributed by atoms with E-state index in [1.807, 2.05) is 12.1 Å². The lowest BCUT2D eigenvalue weighted by molar-refractivity contribution is 0.315. The SMILES string of the molecule is CN(C)C1CCN(c2ccc(CCN)cc2F)C1. The predicted molar refractivity (Wildman–Crippen MR) is 73.5 cm³/mol. The molecule has 18 heavy (non-hydrogen) atoms. The van der Waals surface area contributed by atoms with Gasteiger partial charge in [-0.3, -0.25) is 0 Å². The first-order chi connectivity index (χ1) is 8.61. The van der Waals surface area contributed by atoms with Crippen LogP contribution in [0.2, 0.25) is 0 Å². The van der Waals surface area contributed by atoms with Crippen LogP contribution in [0.1, 0.15) is 12.0 Å². The van der Waals surface area contributed by atoms with Gasteiger partial charge in [-0.25, -0.2) is 4.39 Å². The average molecular weight is 251 g/mol. The van der Waals surface area contributed by atoms with Gasteiger partial charge in [0.1, 0.15) is 5.82 Å². The summed E-state index contributed by atoms with van der Waals surface area (Å²) in [5.74, 6) is -0.125. The van der Waals surface area contributed by atoms with Gasteiger partial charge in [0.15, 0.2) is 0 Å². The van der Waals surface area contributed by atoms with Crippen LogP contribution >= 0.6 is 0 Å². The van der Waals surface area contributed by atoms with Crippen LogP contribution in [0.15, 0.2) is 18.2 Å². The number of likely N-dealkylation sites (N-methyl/N-ethyl adjacent to an activating group) is 1. The van der Waals surface area contributed by atoms with Crippen molar-refractivity contribution in [3.05, 3.63) is 29.6 Å². The van der Waals surface area contributed by atoms with Crippen LogP contribution in [0, 0.1) is 5.82 Å². The van der Waals surface area contributed by atoms with E-state index >= 15 is 0 Å². The van der Waals surface area contributed by atoms with Crippen LogP contribution in [-0.4, -0.2) is 44.7 Å². The van der Waals surface area contributed by atoms with Gasteiger partial charge in [0.05, 0.1) is 5.69 Å². The monoisotopic (exact) mass is 251 g/mol. The van der Waals surface area contributed by atoms with Crippen molar-refractivity contribution in [3.63, 3.8) is 0 Å². The van der Waals surface area contributed by atoms with Crippen LogP contribution in [-0.2, 0) is 6.42 Å². The molecule has 1 saturated heterocycles. The number of rotatable bonds is 4. The maximum absolute atomic E-state index is 14.1. The lowest BCUT2D eigenvalue weighted by Crippen LogP contribution is -2.31. The Morgan fingerprint density at radius 1 is 1.44 bits per heavy atom. The maximum atomic E-state index is 14.1. The summed E-state index contributed by atoms with van der Waals surface area (Å²) in [6.07, 6.45) is 1.83. The number of nitrogens with two attached hydrogens (primary N) is 1. The third-order valence-electron chi connectivity index (χ3n) is 3.68. The van der Waals surface area contributed by atoms with Crippen LogP contribution in [0.5, 0.6) is 0 Å². The van der Waals surface area contributed by atoms with Crippen molar-refractivity contribution in [2.75, 3.05) is 38.6 Å². The Morgan fingerprint density at radius 3 is 2.78 bits per heavy atom. The molecule has 0 radical (unpaired) electrons. The maximum Gasteiger partial charge on any atom is 0.146 e. The number of hydrogen-bond acceptors (Lipinski definition) is 3. The van der Waals surface area contributed by atoms with E-state index in [9.17, 15) is 4.39 Å². The zero-order valence-corrected chi connectivity index (χ0v) is 11.2. The Hall–Kier alpha value is -1.13. The molecule has 1 aliphatic rings. The Kier molecular flexibility index (Phi) is 4.19. The Bertz CT molecular complexity index is 406. The molecule has 4 heteroatoms. The summed E-state index contributed by atoms with van der Waals surface area (Å²) < 4.78 is 14.1. The van der Waals surface area contributed by atoms with Gasteiger partial charge >= 0.3 is 0 Å². The molecular weight excluding hydrogens is 229 g/mol. The molecule has 1 heterocycles. The summed E-state index contributed by atoms with van der Waals surface area (Å²) in [5.41, 5.74) is 7.18. The summed E-state index contributed by atoms with van der Waals surface area (Å²) in [4.78, 5) is 4.34. The zero-order chi connectivity index (χ0) is 13.1. The highest BCUT2D eigenvalue weighted by Crippen LogP contribution is 2.25. The van der Waals surface area contributed by atoms with Gasteiger partial charge in [0.25, 0.3) is 0 Å². The Labute approximate surface area is 108 Å². The van der Waals surface area contributed by atoms with E-state index in [1.54, 1.807) is 6.07 Å². The van der Waals surface area contributed by atoms with Crippen molar-refractivity contribution in [1.82, 2.24) is 4.90 Å². The second-order valence-corrected chi connectivity index (χ2v) is 5.18. The number of anilines is 1.